The fraction of sp³-hybridized carbons (Fsp3) is 0.929. The molecule has 0 bridgehead atoms. The van der Waals surface area contributed by atoms with Gasteiger partial charge in [-0.25, -0.2) is 0 Å². The topological polar surface area (TPSA) is 32.3 Å². The van der Waals surface area contributed by atoms with Crippen LogP contribution in [0.3, 0.4) is 0 Å². The van der Waals surface area contributed by atoms with Crippen LogP contribution in [0.25, 0.3) is 0 Å². The number of unbranched alkanes of at least 4 members (excludes halogenated alkanes) is 5. The Bertz CT molecular complexity index is 181. The van der Waals surface area contributed by atoms with Crippen molar-refractivity contribution in [2.75, 3.05) is 27.2 Å². The average molecular weight is 242 g/mol. The van der Waals surface area contributed by atoms with Gasteiger partial charge in [-0.15, -0.1) is 0 Å². The first kappa shape index (κ1) is 16.4. The standard InChI is InChI=1S/C14H30N2O/c1-4-5-6-7-8-9-12-15-13-10-11-14(17)16(2)3/h15H,4-13H2,1-3H3. The van der Waals surface area contributed by atoms with E-state index in [4.69, 9.17) is 0 Å². The molecule has 0 atom stereocenters. The van der Waals surface area contributed by atoms with E-state index < -0.39 is 0 Å². The van der Waals surface area contributed by atoms with Crippen molar-refractivity contribution in [3.8, 4) is 0 Å². The van der Waals surface area contributed by atoms with Crippen LogP contribution in [-0.2, 0) is 4.79 Å². The van der Waals surface area contributed by atoms with E-state index in [0.29, 0.717) is 6.42 Å². The summed E-state index contributed by atoms with van der Waals surface area (Å²) in [5.74, 6) is 0.228. The lowest BCUT2D eigenvalue weighted by Crippen LogP contribution is -2.23. The normalized spacial score (nSPS) is 10.5. The van der Waals surface area contributed by atoms with Crippen molar-refractivity contribution < 1.29 is 4.79 Å². The molecule has 0 aromatic carbocycles. The Balaban J connectivity index is 3.06. The van der Waals surface area contributed by atoms with Gasteiger partial charge >= 0.3 is 0 Å². The summed E-state index contributed by atoms with van der Waals surface area (Å²) in [4.78, 5) is 12.9. The monoisotopic (exact) mass is 242 g/mol. The summed E-state index contributed by atoms with van der Waals surface area (Å²) in [5, 5.41) is 3.40. The number of hydrogen-bond donors (Lipinski definition) is 1. The van der Waals surface area contributed by atoms with E-state index in [-0.39, 0.29) is 5.91 Å². The highest BCUT2D eigenvalue weighted by Crippen LogP contribution is 2.04. The Morgan fingerprint density at radius 2 is 1.53 bits per heavy atom. The summed E-state index contributed by atoms with van der Waals surface area (Å²) in [6.45, 7) is 4.31. The second-order valence-electron chi connectivity index (χ2n) is 4.91. The Labute approximate surface area is 107 Å². The van der Waals surface area contributed by atoms with Crippen LogP contribution in [-0.4, -0.2) is 38.0 Å². The van der Waals surface area contributed by atoms with Crippen molar-refractivity contribution in [1.29, 1.82) is 0 Å². The van der Waals surface area contributed by atoms with Crippen molar-refractivity contribution in [1.82, 2.24) is 10.2 Å². The minimum Gasteiger partial charge on any atom is -0.349 e. The third-order valence-electron chi connectivity index (χ3n) is 2.95. The van der Waals surface area contributed by atoms with E-state index in [1.165, 1.54) is 38.5 Å². The maximum atomic E-state index is 11.3. The summed E-state index contributed by atoms with van der Waals surface area (Å²) in [6.07, 6.45) is 9.67. The maximum absolute atomic E-state index is 11.3. The van der Waals surface area contributed by atoms with Gasteiger partial charge in [-0.2, -0.15) is 0 Å². The van der Waals surface area contributed by atoms with E-state index in [1.807, 2.05) is 14.1 Å². The molecule has 17 heavy (non-hydrogen) atoms. The average Bonchev–Trinajstić information content (AvgIpc) is 2.31. The summed E-state index contributed by atoms with van der Waals surface area (Å²) < 4.78 is 0. The van der Waals surface area contributed by atoms with Gasteiger partial charge in [-0.1, -0.05) is 39.0 Å². The Hall–Kier alpha value is -0.570. The zero-order valence-electron chi connectivity index (χ0n) is 11.9. The van der Waals surface area contributed by atoms with Crippen LogP contribution in [0.15, 0.2) is 0 Å². The smallest absolute Gasteiger partial charge is 0.222 e. The first-order valence-electron chi connectivity index (χ1n) is 7.09. The van der Waals surface area contributed by atoms with Crippen molar-refractivity contribution in [2.45, 2.75) is 58.3 Å². The number of hydrogen-bond acceptors (Lipinski definition) is 2. The van der Waals surface area contributed by atoms with Crippen molar-refractivity contribution in [2.24, 2.45) is 0 Å². The molecule has 0 aliphatic carbocycles. The Morgan fingerprint density at radius 3 is 2.18 bits per heavy atom. The highest BCUT2D eigenvalue weighted by atomic mass is 16.2. The molecule has 0 saturated heterocycles. The SMILES string of the molecule is CCCCCCCCNCCCC(=O)N(C)C. The third kappa shape index (κ3) is 11.7. The quantitative estimate of drug-likeness (QED) is 0.565. The van der Waals surface area contributed by atoms with Crippen LogP contribution in [0.2, 0.25) is 0 Å². The first-order valence-corrected chi connectivity index (χ1v) is 7.09. The number of nitrogens with zero attached hydrogens (tertiary/aromatic N) is 1. The van der Waals surface area contributed by atoms with E-state index >= 15 is 0 Å². The number of rotatable bonds is 11. The van der Waals surface area contributed by atoms with Crippen LogP contribution in [0.5, 0.6) is 0 Å². The van der Waals surface area contributed by atoms with Gasteiger partial charge in [0.1, 0.15) is 0 Å². The molecular weight excluding hydrogens is 212 g/mol. The number of amides is 1. The third-order valence-corrected chi connectivity index (χ3v) is 2.95. The second kappa shape index (κ2) is 11.9. The molecule has 0 heterocycles. The second-order valence-corrected chi connectivity index (χ2v) is 4.91. The molecule has 1 amide bonds. The largest absolute Gasteiger partial charge is 0.349 e. The summed E-state index contributed by atoms with van der Waals surface area (Å²) in [5.41, 5.74) is 0. The lowest BCUT2D eigenvalue weighted by Gasteiger charge is -2.10. The van der Waals surface area contributed by atoms with E-state index in [0.717, 1.165) is 19.5 Å². The molecule has 0 aliphatic rings. The zero-order valence-corrected chi connectivity index (χ0v) is 11.9. The molecule has 102 valence electrons. The van der Waals surface area contributed by atoms with Crippen LogP contribution >= 0.6 is 0 Å². The van der Waals surface area contributed by atoms with Gasteiger partial charge in [0.25, 0.3) is 0 Å². The zero-order chi connectivity index (χ0) is 12.9. The molecule has 0 radical (unpaired) electrons. The number of carbonyl (C=O) groups is 1. The van der Waals surface area contributed by atoms with E-state index in [1.54, 1.807) is 4.90 Å². The first-order chi connectivity index (χ1) is 8.18. The minimum absolute atomic E-state index is 0.228. The van der Waals surface area contributed by atoms with Crippen LogP contribution in [0, 0.1) is 0 Å². The minimum atomic E-state index is 0.228. The molecule has 0 aromatic rings. The molecule has 3 heteroatoms. The summed E-state index contributed by atoms with van der Waals surface area (Å²) in [6, 6.07) is 0. The molecule has 0 spiro atoms. The maximum Gasteiger partial charge on any atom is 0.222 e. The summed E-state index contributed by atoms with van der Waals surface area (Å²) >= 11 is 0. The van der Waals surface area contributed by atoms with E-state index in [9.17, 15) is 4.79 Å². The molecule has 0 aromatic heterocycles. The van der Waals surface area contributed by atoms with Gasteiger partial charge < -0.3 is 10.2 Å². The number of carbonyl (C=O) groups excluding carboxylic acids is 1. The molecule has 1 N–H and O–H groups in total. The molecule has 0 fully saturated rings. The van der Waals surface area contributed by atoms with Gasteiger partial charge in [0, 0.05) is 20.5 Å². The lowest BCUT2D eigenvalue weighted by molar-refractivity contribution is -0.128. The summed E-state index contributed by atoms with van der Waals surface area (Å²) in [7, 11) is 3.62. The van der Waals surface area contributed by atoms with Crippen molar-refractivity contribution in [3.05, 3.63) is 0 Å². The predicted molar refractivity (Wildman–Crippen MR) is 74.2 cm³/mol. The molecular formula is C14H30N2O. The van der Waals surface area contributed by atoms with Crippen molar-refractivity contribution >= 4 is 5.91 Å². The van der Waals surface area contributed by atoms with Gasteiger partial charge in [0.2, 0.25) is 5.91 Å². The van der Waals surface area contributed by atoms with Gasteiger partial charge in [0.05, 0.1) is 0 Å². The van der Waals surface area contributed by atoms with Gasteiger partial charge in [0.15, 0.2) is 0 Å². The van der Waals surface area contributed by atoms with Gasteiger partial charge in [-0.3, -0.25) is 4.79 Å². The Morgan fingerprint density at radius 1 is 0.941 bits per heavy atom. The van der Waals surface area contributed by atoms with Crippen LogP contribution in [0.1, 0.15) is 58.3 Å². The highest BCUT2D eigenvalue weighted by molar-refractivity contribution is 5.75. The molecule has 0 saturated carbocycles. The van der Waals surface area contributed by atoms with Crippen molar-refractivity contribution in [3.63, 3.8) is 0 Å². The molecule has 0 unspecified atom stereocenters. The highest BCUT2D eigenvalue weighted by Gasteiger charge is 2.01. The lowest BCUT2D eigenvalue weighted by atomic mass is 10.1. The van der Waals surface area contributed by atoms with E-state index in [2.05, 4.69) is 12.2 Å². The van der Waals surface area contributed by atoms with Crippen LogP contribution < -0.4 is 5.32 Å². The fourth-order valence-electron chi connectivity index (χ4n) is 1.74. The van der Waals surface area contributed by atoms with Crippen LogP contribution in [0.4, 0.5) is 0 Å². The number of nitrogens with one attached hydrogen (secondary N) is 1. The molecule has 0 aliphatic heterocycles. The Kier molecular flexibility index (Phi) is 11.5. The molecule has 3 nitrogen and oxygen atoms in total. The fourth-order valence-corrected chi connectivity index (χ4v) is 1.74. The predicted octanol–water partition coefficient (Wildman–Crippen LogP) is 2.80. The molecule has 0 rings (SSSR count). The van der Waals surface area contributed by atoms with Gasteiger partial charge in [-0.05, 0) is 25.9 Å².